The number of anilines is 1. The number of hydrogen-bond donors (Lipinski definition) is 2. The minimum absolute atomic E-state index is 0.0153. The smallest absolute Gasteiger partial charge is 0.361 e. The second-order valence-electron chi connectivity index (χ2n) is 7.78. The molecular formula is C20H34N6O2. The molecule has 8 heteroatoms. The van der Waals surface area contributed by atoms with Crippen LogP contribution in [0.25, 0.3) is 11.2 Å². The van der Waals surface area contributed by atoms with Crippen LogP contribution in [0.1, 0.15) is 71.1 Å². The van der Waals surface area contributed by atoms with Gasteiger partial charge < -0.3 is 15.5 Å². The van der Waals surface area contributed by atoms with Crippen LogP contribution < -0.4 is 16.3 Å². The molecule has 0 saturated carbocycles. The van der Waals surface area contributed by atoms with Crippen LogP contribution in [0, 0.1) is 0 Å². The number of rotatable bonds is 10. The zero-order valence-electron chi connectivity index (χ0n) is 17.0. The van der Waals surface area contributed by atoms with Crippen LogP contribution in [-0.4, -0.2) is 50.3 Å². The third kappa shape index (κ3) is 5.47. The Hall–Kier alpha value is -2.09. The summed E-state index contributed by atoms with van der Waals surface area (Å²) in [6.45, 7) is 5.87. The molecular weight excluding hydrogens is 356 g/mol. The van der Waals surface area contributed by atoms with Crippen molar-refractivity contribution in [1.82, 2.24) is 24.6 Å². The van der Waals surface area contributed by atoms with Crippen molar-refractivity contribution in [3.63, 3.8) is 0 Å². The van der Waals surface area contributed by atoms with Gasteiger partial charge in [-0.2, -0.15) is 0 Å². The number of nitrogen functional groups attached to an aromatic ring is 1. The summed E-state index contributed by atoms with van der Waals surface area (Å²) in [5.41, 5.74) is 6.26. The molecule has 3 heterocycles. The molecule has 0 radical (unpaired) electrons. The van der Waals surface area contributed by atoms with E-state index in [1.54, 1.807) is 0 Å². The van der Waals surface area contributed by atoms with Gasteiger partial charge in [0.2, 0.25) is 5.65 Å². The third-order valence-corrected chi connectivity index (χ3v) is 5.62. The van der Waals surface area contributed by atoms with Crippen LogP contribution in [-0.2, 0) is 0 Å². The maximum absolute atomic E-state index is 12.2. The predicted molar refractivity (Wildman–Crippen MR) is 111 cm³/mol. The zero-order valence-corrected chi connectivity index (χ0v) is 17.0. The lowest BCUT2D eigenvalue weighted by atomic mass is 10.1. The number of unbranched alkanes of at least 4 members (excludes halogenated alkanes) is 3. The molecule has 28 heavy (non-hydrogen) atoms. The quantitative estimate of drug-likeness (QED) is 0.605. The van der Waals surface area contributed by atoms with E-state index in [1.807, 2.05) is 0 Å². The second-order valence-corrected chi connectivity index (χ2v) is 7.78. The summed E-state index contributed by atoms with van der Waals surface area (Å²) in [7, 11) is 0. The Labute approximate surface area is 166 Å². The Morgan fingerprint density at radius 2 is 1.89 bits per heavy atom. The number of nitrogens with zero attached hydrogens (tertiary/aromatic N) is 4. The number of H-pyrrole nitrogens is 1. The molecule has 2 aromatic rings. The van der Waals surface area contributed by atoms with E-state index >= 15 is 0 Å². The highest BCUT2D eigenvalue weighted by Crippen LogP contribution is 2.15. The first-order valence-electron chi connectivity index (χ1n) is 10.8. The first-order chi connectivity index (χ1) is 13.7. The highest BCUT2D eigenvalue weighted by atomic mass is 16.7. The molecule has 1 aliphatic rings. The van der Waals surface area contributed by atoms with Crippen molar-refractivity contribution in [2.75, 3.05) is 25.4 Å². The van der Waals surface area contributed by atoms with Crippen molar-refractivity contribution >= 4 is 17.0 Å². The third-order valence-electron chi connectivity index (χ3n) is 5.62. The lowest BCUT2D eigenvalue weighted by molar-refractivity contribution is 0.0284. The number of aromatic amines is 1. The van der Waals surface area contributed by atoms with Gasteiger partial charge in [-0.25, -0.2) is 14.8 Å². The lowest BCUT2D eigenvalue weighted by Gasteiger charge is -2.19. The number of imidazole rings is 1. The van der Waals surface area contributed by atoms with Crippen LogP contribution in [0.3, 0.4) is 0 Å². The Bertz CT molecular complexity index is 779. The first-order valence-corrected chi connectivity index (χ1v) is 10.8. The van der Waals surface area contributed by atoms with Crippen molar-refractivity contribution < 1.29 is 4.84 Å². The number of likely N-dealkylation sites (tertiary alicyclic amines) is 1. The monoisotopic (exact) mass is 390 g/mol. The molecule has 1 aliphatic heterocycles. The Kier molecular flexibility index (Phi) is 7.71. The number of nitrogens with two attached hydrogens (primary N) is 1. The number of aromatic nitrogens is 4. The van der Waals surface area contributed by atoms with Gasteiger partial charge in [-0.05, 0) is 58.2 Å². The van der Waals surface area contributed by atoms with Crippen molar-refractivity contribution in [3.05, 3.63) is 16.8 Å². The van der Waals surface area contributed by atoms with Gasteiger partial charge in [0.1, 0.15) is 17.9 Å². The molecule has 1 fully saturated rings. The summed E-state index contributed by atoms with van der Waals surface area (Å²) in [5.74, 6) is 0.252. The number of hydrogen-bond acceptors (Lipinski definition) is 6. The minimum Gasteiger partial charge on any atom is -0.404 e. The number of fused-ring (bicyclic) bond motifs is 1. The Morgan fingerprint density at radius 1 is 1.14 bits per heavy atom. The van der Waals surface area contributed by atoms with Crippen LogP contribution >= 0.6 is 0 Å². The second kappa shape index (κ2) is 10.5. The molecule has 1 unspecified atom stereocenters. The van der Waals surface area contributed by atoms with Gasteiger partial charge in [0.05, 0.1) is 0 Å². The van der Waals surface area contributed by atoms with Gasteiger partial charge in [0.15, 0.2) is 5.82 Å². The summed E-state index contributed by atoms with van der Waals surface area (Å²) in [6.07, 6.45) is 13.4. The van der Waals surface area contributed by atoms with Gasteiger partial charge >= 0.3 is 5.69 Å². The van der Waals surface area contributed by atoms with E-state index in [0.717, 1.165) is 19.3 Å². The van der Waals surface area contributed by atoms with Gasteiger partial charge in [-0.15, -0.1) is 4.73 Å². The summed E-state index contributed by atoms with van der Waals surface area (Å²) >= 11 is 0. The van der Waals surface area contributed by atoms with E-state index in [0.29, 0.717) is 11.2 Å². The molecule has 3 N–H and O–H groups in total. The minimum atomic E-state index is -0.363. The van der Waals surface area contributed by atoms with Crippen LogP contribution in [0.4, 0.5) is 5.82 Å². The molecule has 156 valence electrons. The molecule has 1 saturated heterocycles. The SMILES string of the molecule is CCC(CCCCCCN1CCCCCC1)On1c(=O)[nH]c2c(N)ncnc21. The standard InChI is InChI=1S/C20H34N6O2/c1-2-16(11-7-3-4-8-12-25-13-9-5-6-10-14-25)28-26-19-17(24-20(26)27)18(21)22-15-23-19/h15-16H,2-14H2,1H3,(H,24,27)(H2,21,22,23). The van der Waals surface area contributed by atoms with Crippen molar-refractivity contribution in [1.29, 1.82) is 0 Å². The highest BCUT2D eigenvalue weighted by molar-refractivity contribution is 5.80. The first kappa shape index (κ1) is 20.6. The van der Waals surface area contributed by atoms with E-state index in [1.165, 1.54) is 75.6 Å². The highest BCUT2D eigenvalue weighted by Gasteiger charge is 2.16. The topological polar surface area (TPSA) is 102 Å². The maximum Gasteiger partial charge on any atom is 0.361 e. The maximum atomic E-state index is 12.2. The summed E-state index contributed by atoms with van der Waals surface area (Å²) < 4.78 is 1.22. The molecule has 8 nitrogen and oxygen atoms in total. The van der Waals surface area contributed by atoms with Crippen molar-refractivity contribution in [2.45, 2.75) is 77.2 Å². The Morgan fingerprint density at radius 3 is 2.64 bits per heavy atom. The molecule has 0 aromatic carbocycles. The van der Waals surface area contributed by atoms with Crippen molar-refractivity contribution in [2.24, 2.45) is 0 Å². The van der Waals surface area contributed by atoms with Gasteiger partial charge in [0, 0.05) is 0 Å². The summed E-state index contributed by atoms with van der Waals surface area (Å²) in [6, 6.07) is 0. The fourth-order valence-electron chi connectivity index (χ4n) is 3.92. The lowest BCUT2D eigenvalue weighted by Crippen LogP contribution is -2.32. The van der Waals surface area contributed by atoms with Gasteiger partial charge in [0.25, 0.3) is 0 Å². The van der Waals surface area contributed by atoms with Crippen LogP contribution in [0.15, 0.2) is 11.1 Å². The Balaban J connectivity index is 1.41. The van der Waals surface area contributed by atoms with Crippen molar-refractivity contribution in [3.8, 4) is 0 Å². The zero-order chi connectivity index (χ0) is 19.8. The molecule has 0 amide bonds. The van der Waals surface area contributed by atoms with E-state index in [9.17, 15) is 4.79 Å². The molecule has 1 atom stereocenters. The molecule has 3 rings (SSSR count). The largest absolute Gasteiger partial charge is 0.404 e. The van der Waals surface area contributed by atoms with Crippen LogP contribution in [0.5, 0.6) is 0 Å². The summed E-state index contributed by atoms with van der Waals surface area (Å²) in [5, 5.41) is 0. The molecule has 0 spiro atoms. The van der Waals surface area contributed by atoms with E-state index in [4.69, 9.17) is 10.6 Å². The van der Waals surface area contributed by atoms with Gasteiger partial charge in [-0.1, -0.05) is 32.6 Å². The predicted octanol–water partition coefficient (Wildman–Crippen LogP) is 2.74. The van der Waals surface area contributed by atoms with E-state index < -0.39 is 0 Å². The van der Waals surface area contributed by atoms with E-state index in [-0.39, 0.29) is 17.6 Å². The summed E-state index contributed by atoms with van der Waals surface area (Å²) in [4.78, 5) is 31.5. The fourth-order valence-corrected chi connectivity index (χ4v) is 3.92. The molecule has 0 bridgehead atoms. The van der Waals surface area contributed by atoms with Crippen LogP contribution in [0.2, 0.25) is 0 Å². The average Bonchev–Trinajstić information content (AvgIpc) is 2.86. The van der Waals surface area contributed by atoms with E-state index in [2.05, 4.69) is 26.8 Å². The fraction of sp³-hybridized carbons (Fsp3) is 0.750. The normalized spacial score (nSPS) is 16.9. The molecule has 2 aromatic heterocycles. The van der Waals surface area contributed by atoms with Gasteiger partial charge in [-0.3, -0.25) is 4.98 Å². The number of nitrogens with one attached hydrogen (secondary N) is 1. The molecule has 0 aliphatic carbocycles. The average molecular weight is 391 g/mol.